The number of rotatable bonds is 6. The Labute approximate surface area is 185 Å². The molecule has 0 atom stereocenters. The van der Waals surface area contributed by atoms with Gasteiger partial charge in [-0.25, -0.2) is 9.97 Å². The molecule has 0 aliphatic rings. The standard InChI is InChI=1S/C22H15N5O4S/c1-30-15-8-9-17-18(11-15)32-22(25-17)26-20-19(27(28)29)21(24-12-23-20)31-16-7-6-13-4-2-3-5-14(13)10-16/h2-12H,1H3,(H,23,24,25,26). The normalized spacial score (nSPS) is 10.9. The maximum atomic E-state index is 11.9. The Morgan fingerprint density at radius 2 is 1.81 bits per heavy atom. The predicted octanol–water partition coefficient (Wildman–Crippen LogP) is 5.69. The van der Waals surface area contributed by atoms with Gasteiger partial charge >= 0.3 is 11.6 Å². The minimum absolute atomic E-state index is 0.00758. The van der Waals surface area contributed by atoms with Crippen molar-refractivity contribution in [1.82, 2.24) is 15.0 Å². The van der Waals surface area contributed by atoms with Crippen molar-refractivity contribution in [1.29, 1.82) is 0 Å². The molecule has 3 aromatic carbocycles. The summed E-state index contributed by atoms with van der Waals surface area (Å²) in [5.41, 5.74) is 0.361. The third-order valence-corrected chi connectivity index (χ3v) is 5.66. The van der Waals surface area contributed by atoms with Crippen molar-refractivity contribution in [2.24, 2.45) is 0 Å². The zero-order valence-electron chi connectivity index (χ0n) is 16.7. The lowest BCUT2D eigenvalue weighted by atomic mass is 10.1. The number of nitro groups is 1. The molecule has 32 heavy (non-hydrogen) atoms. The first-order chi connectivity index (χ1) is 15.6. The van der Waals surface area contributed by atoms with Crippen molar-refractivity contribution < 1.29 is 14.4 Å². The molecule has 0 amide bonds. The fourth-order valence-corrected chi connectivity index (χ4v) is 4.12. The molecule has 0 aliphatic carbocycles. The van der Waals surface area contributed by atoms with Crippen molar-refractivity contribution in [3.8, 4) is 17.4 Å². The minimum Gasteiger partial charge on any atom is -0.497 e. The van der Waals surface area contributed by atoms with Crippen LogP contribution in [0.2, 0.25) is 0 Å². The van der Waals surface area contributed by atoms with E-state index in [9.17, 15) is 10.1 Å². The van der Waals surface area contributed by atoms with Gasteiger partial charge in [0.2, 0.25) is 5.82 Å². The Hall–Kier alpha value is -4.31. The number of ether oxygens (including phenoxy) is 2. The van der Waals surface area contributed by atoms with Crippen LogP contribution in [-0.4, -0.2) is 27.0 Å². The zero-order chi connectivity index (χ0) is 22.1. The number of thiazole rings is 1. The van der Waals surface area contributed by atoms with Gasteiger partial charge in [0.15, 0.2) is 5.13 Å². The molecular weight excluding hydrogens is 430 g/mol. The van der Waals surface area contributed by atoms with Crippen LogP contribution in [0, 0.1) is 10.1 Å². The number of methoxy groups -OCH3 is 1. The number of fused-ring (bicyclic) bond motifs is 2. The van der Waals surface area contributed by atoms with E-state index in [4.69, 9.17) is 9.47 Å². The quantitative estimate of drug-likeness (QED) is 0.262. The molecule has 0 fully saturated rings. The third kappa shape index (κ3) is 3.74. The third-order valence-electron chi connectivity index (χ3n) is 4.73. The summed E-state index contributed by atoms with van der Waals surface area (Å²) in [6.45, 7) is 0. The van der Waals surface area contributed by atoms with Crippen LogP contribution in [0.1, 0.15) is 0 Å². The fourth-order valence-electron chi connectivity index (χ4n) is 3.22. The van der Waals surface area contributed by atoms with Gasteiger partial charge in [-0.05, 0) is 41.1 Å². The second-order valence-corrected chi connectivity index (χ2v) is 7.75. The van der Waals surface area contributed by atoms with E-state index in [1.54, 1.807) is 25.3 Å². The van der Waals surface area contributed by atoms with Gasteiger partial charge < -0.3 is 14.8 Å². The van der Waals surface area contributed by atoms with Crippen LogP contribution >= 0.6 is 11.3 Å². The summed E-state index contributed by atoms with van der Waals surface area (Å²) < 4.78 is 11.9. The van der Waals surface area contributed by atoms with Gasteiger partial charge in [0.05, 0.1) is 22.2 Å². The van der Waals surface area contributed by atoms with Gasteiger partial charge in [0.25, 0.3) is 0 Å². The van der Waals surface area contributed by atoms with Gasteiger partial charge in [-0.15, -0.1) is 0 Å². The van der Waals surface area contributed by atoms with Gasteiger partial charge in [-0.2, -0.15) is 4.98 Å². The summed E-state index contributed by atoms with van der Waals surface area (Å²) >= 11 is 1.33. The van der Waals surface area contributed by atoms with Gasteiger partial charge in [0, 0.05) is 0 Å². The predicted molar refractivity (Wildman–Crippen MR) is 122 cm³/mol. The highest BCUT2D eigenvalue weighted by Gasteiger charge is 2.26. The Morgan fingerprint density at radius 1 is 1.00 bits per heavy atom. The van der Waals surface area contributed by atoms with Crippen LogP contribution in [-0.2, 0) is 0 Å². The number of nitrogens with one attached hydrogen (secondary N) is 1. The number of nitrogens with zero attached hydrogens (tertiary/aromatic N) is 4. The maximum Gasteiger partial charge on any atom is 0.373 e. The number of hydrogen-bond donors (Lipinski definition) is 1. The summed E-state index contributed by atoms with van der Waals surface area (Å²) in [4.78, 5) is 23.8. The van der Waals surface area contributed by atoms with Crippen molar-refractivity contribution in [3.63, 3.8) is 0 Å². The maximum absolute atomic E-state index is 11.9. The molecule has 0 radical (unpaired) electrons. The van der Waals surface area contributed by atoms with Crippen LogP contribution in [0.3, 0.4) is 0 Å². The van der Waals surface area contributed by atoms with Gasteiger partial charge in [-0.1, -0.05) is 41.7 Å². The Bertz CT molecular complexity index is 1470. The summed E-state index contributed by atoms with van der Waals surface area (Å²) in [7, 11) is 1.59. The van der Waals surface area contributed by atoms with Crippen LogP contribution < -0.4 is 14.8 Å². The molecule has 0 unspecified atom stereocenters. The van der Waals surface area contributed by atoms with E-state index in [1.165, 1.54) is 17.7 Å². The summed E-state index contributed by atoms with van der Waals surface area (Å²) in [5.74, 6) is 0.965. The Morgan fingerprint density at radius 3 is 2.62 bits per heavy atom. The van der Waals surface area contributed by atoms with Crippen molar-refractivity contribution in [3.05, 3.63) is 77.1 Å². The van der Waals surface area contributed by atoms with E-state index in [-0.39, 0.29) is 17.4 Å². The van der Waals surface area contributed by atoms with E-state index < -0.39 is 4.92 Å². The average Bonchev–Trinajstić information content (AvgIpc) is 3.20. The molecule has 0 bridgehead atoms. The second kappa shape index (κ2) is 8.08. The van der Waals surface area contributed by atoms with Crippen molar-refractivity contribution in [2.45, 2.75) is 0 Å². The molecule has 1 N–H and O–H groups in total. The molecule has 0 saturated heterocycles. The summed E-state index contributed by atoms with van der Waals surface area (Å²) in [6, 6.07) is 18.6. The summed E-state index contributed by atoms with van der Waals surface area (Å²) in [6.07, 6.45) is 1.21. The average molecular weight is 445 g/mol. The largest absolute Gasteiger partial charge is 0.497 e. The lowest BCUT2D eigenvalue weighted by Crippen LogP contribution is -2.03. The van der Waals surface area contributed by atoms with E-state index in [2.05, 4.69) is 20.3 Å². The fraction of sp³-hybridized carbons (Fsp3) is 0.0455. The molecule has 158 valence electrons. The van der Waals surface area contributed by atoms with Crippen LogP contribution in [0.5, 0.6) is 17.4 Å². The number of benzene rings is 3. The van der Waals surface area contributed by atoms with Crippen LogP contribution in [0.25, 0.3) is 21.0 Å². The Kier molecular flexibility index (Phi) is 4.96. The SMILES string of the molecule is COc1ccc2nc(Nc3ncnc(Oc4ccc5ccccc5c4)c3[N+](=O)[O-])sc2c1. The van der Waals surface area contributed by atoms with E-state index in [0.717, 1.165) is 21.0 Å². The lowest BCUT2D eigenvalue weighted by molar-refractivity contribution is -0.385. The highest BCUT2D eigenvalue weighted by atomic mass is 32.1. The van der Waals surface area contributed by atoms with Gasteiger partial charge in [0.1, 0.15) is 17.8 Å². The Balaban J connectivity index is 1.49. The molecule has 9 nitrogen and oxygen atoms in total. The minimum atomic E-state index is -0.574. The van der Waals surface area contributed by atoms with E-state index in [1.807, 2.05) is 42.5 Å². The molecule has 0 aliphatic heterocycles. The van der Waals surface area contributed by atoms with Crippen molar-refractivity contribution in [2.75, 3.05) is 12.4 Å². The molecule has 0 saturated carbocycles. The smallest absolute Gasteiger partial charge is 0.373 e. The summed E-state index contributed by atoms with van der Waals surface area (Å²) in [5, 5.41) is 17.2. The monoisotopic (exact) mass is 445 g/mol. The molecule has 5 rings (SSSR count). The van der Waals surface area contributed by atoms with Crippen LogP contribution in [0.4, 0.5) is 16.6 Å². The van der Waals surface area contributed by atoms with Crippen molar-refractivity contribution >= 4 is 49.0 Å². The first-order valence-electron chi connectivity index (χ1n) is 9.48. The van der Waals surface area contributed by atoms with Crippen LogP contribution in [0.15, 0.2) is 67.0 Å². The van der Waals surface area contributed by atoms with Gasteiger partial charge in [-0.3, -0.25) is 10.1 Å². The first kappa shape index (κ1) is 19.6. The zero-order valence-corrected chi connectivity index (χ0v) is 17.5. The molecule has 2 aromatic heterocycles. The molecule has 0 spiro atoms. The number of hydrogen-bond acceptors (Lipinski definition) is 9. The molecule has 5 aromatic rings. The molecular formula is C22H15N5O4S. The lowest BCUT2D eigenvalue weighted by Gasteiger charge is -2.08. The molecule has 10 heteroatoms. The first-order valence-corrected chi connectivity index (χ1v) is 10.3. The number of aromatic nitrogens is 3. The topological polar surface area (TPSA) is 112 Å². The molecule has 2 heterocycles. The number of anilines is 2. The van der Waals surface area contributed by atoms with E-state index >= 15 is 0 Å². The second-order valence-electron chi connectivity index (χ2n) is 6.72. The highest BCUT2D eigenvalue weighted by Crippen LogP contribution is 2.38. The van der Waals surface area contributed by atoms with E-state index in [0.29, 0.717) is 16.6 Å². The highest BCUT2D eigenvalue weighted by molar-refractivity contribution is 7.22.